The number of hydrogen-bond donors (Lipinski definition) is 1. The Morgan fingerprint density at radius 3 is 3.00 bits per heavy atom. The molecule has 0 atom stereocenters. The summed E-state index contributed by atoms with van der Waals surface area (Å²) in [6, 6.07) is 3.98. The molecule has 3 aromatic rings. The van der Waals surface area contributed by atoms with Crippen molar-refractivity contribution in [3.63, 3.8) is 0 Å². The minimum Gasteiger partial charge on any atom is -0.348 e. The first kappa shape index (κ1) is 15.4. The third-order valence-electron chi connectivity index (χ3n) is 5.01. The number of hydrogen-bond acceptors (Lipinski definition) is 4. The van der Waals surface area contributed by atoms with Crippen molar-refractivity contribution in [2.45, 2.75) is 25.2 Å². The summed E-state index contributed by atoms with van der Waals surface area (Å²) in [6.45, 7) is -0.409. The lowest BCUT2D eigenvalue weighted by atomic mass is 10.0. The molecule has 0 aliphatic heterocycles. The number of aromatic nitrogens is 4. The Morgan fingerprint density at radius 1 is 1.27 bits per heavy atom. The zero-order valence-corrected chi connectivity index (χ0v) is 14.0. The van der Waals surface area contributed by atoms with Crippen molar-refractivity contribution in [3.05, 3.63) is 59.8 Å². The largest absolute Gasteiger partial charge is 0.348 e. The molecular weight excluding hydrogens is 336 g/mol. The standard InChI is InChI=1S/C19H17F2N5.H2/c20-19(21,13-2-3-13)11-24-18-23-9-15-14(4-5-16(15)25-18)12-1-6-17-22-7-8-26(17)10-12;/h1,4,6-10,13H,2-3,5,11H2,(H,23,24,25);1H. The average Bonchev–Trinajstić information content (AvgIpc) is 3.27. The number of imidazole rings is 1. The molecule has 3 heterocycles. The van der Waals surface area contributed by atoms with Gasteiger partial charge in [0.2, 0.25) is 5.95 Å². The molecule has 3 aromatic heterocycles. The topological polar surface area (TPSA) is 55.1 Å². The van der Waals surface area contributed by atoms with Crippen molar-refractivity contribution >= 4 is 17.2 Å². The highest BCUT2D eigenvalue weighted by Gasteiger charge is 2.46. The normalized spacial score (nSPS) is 16.6. The molecule has 0 spiro atoms. The van der Waals surface area contributed by atoms with E-state index >= 15 is 0 Å². The monoisotopic (exact) mass is 355 g/mol. The predicted molar refractivity (Wildman–Crippen MR) is 96.3 cm³/mol. The van der Waals surface area contributed by atoms with Gasteiger partial charge in [0.05, 0.1) is 12.2 Å². The zero-order valence-electron chi connectivity index (χ0n) is 14.0. The van der Waals surface area contributed by atoms with Gasteiger partial charge in [-0.15, -0.1) is 0 Å². The van der Waals surface area contributed by atoms with Crippen LogP contribution in [-0.4, -0.2) is 31.8 Å². The van der Waals surface area contributed by atoms with Crippen LogP contribution in [0, 0.1) is 5.92 Å². The molecule has 7 heteroatoms. The lowest BCUT2D eigenvalue weighted by molar-refractivity contribution is -0.00832. The second-order valence-corrected chi connectivity index (χ2v) is 6.88. The van der Waals surface area contributed by atoms with Crippen LogP contribution >= 0.6 is 0 Å². The Morgan fingerprint density at radius 2 is 2.15 bits per heavy atom. The predicted octanol–water partition coefficient (Wildman–Crippen LogP) is 3.82. The van der Waals surface area contributed by atoms with Crippen molar-refractivity contribution in [1.29, 1.82) is 0 Å². The summed E-state index contributed by atoms with van der Waals surface area (Å²) in [5.41, 5.74) is 4.81. The Kier molecular flexibility index (Phi) is 3.32. The fourth-order valence-corrected chi connectivity index (χ4v) is 3.39. The highest BCUT2D eigenvalue weighted by molar-refractivity contribution is 5.83. The highest BCUT2D eigenvalue weighted by atomic mass is 19.3. The molecular formula is C19H19F2N5. The molecule has 5 nitrogen and oxygen atoms in total. The van der Waals surface area contributed by atoms with E-state index in [2.05, 4.69) is 26.3 Å². The van der Waals surface area contributed by atoms with Gasteiger partial charge in [-0.25, -0.2) is 23.7 Å². The maximum absolute atomic E-state index is 13.8. The van der Waals surface area contributed by atoms with Gasteiger partial charge in [-0.05, 0) is 36.1 Å². The Bertz CT molecular complexity index is 1030. The summed E-state index contributed by atoms with van der Waals surface area (Å²) in [5.74, 6) is -2.91. The molecule has 0 saturated heterocycles. The first-order chi connectivity index (χ1) is 12.6. The van der Waals surface area contributed by atoms with E-state index in [1.165, 1.54) is 0 Å². The Balaban J connectivity index is 0.00000180. The maximum atomic E-state index is 13.8. The third-order valence-corrected chi connectivity index (χ3v) is 5.01. The summed E-state index contributed by atoms with van der Waals surface area (Å²) in [5, 5.41) is 2.70. The third kappa shape index (κ3) is 2.64. The van der Waals surface area contributed by atoms with Crippen LogP contribution < -0.4 is 5.32 Å². The molecule has 0 aromatic carbocycles. The molecule has 0 unspecified atom stereocenters. The fourth-order valence-electron chi connectivity index (χ4n) is 3.39. The van der Waals surface area contributed by atoms with Gasteiger partial charge in [0.15, 0.2) is 0 Å². The first-order valence-corrected chi connectivity index (χ1v) is 8.71. The first-order valence-electron chi connectivity index (χ1n) is 8.71. The number of nitrogens with one attached hydrogen (secondary N) is 1. The van der Waals surface area contributed by atoms with Crippen LogP contribution in [0.1, 0.15) is 31.1 Å². The number of pyridine rings is 1. The summed E-state index contributed by atoms with van der Waals surface area (Å²) >= 11 is 0. The van der Waals surface area contributed by atoms with E-state index < -0.39 is 18.4 Å². The fraction of sp³-hybridized carbons (Fsp3) is 0.316. The summed E-state index contributed by atoms with van der Waals surface area (Å²) in [6.07, 6.45) is 11.4. The number of halogens is 2. The molecule has 2 aliphatic carbocycles. The zero-order chi connectivity index (χ0) is 17.7. The lowest BCUT2D eigenvalue weighted by Gasteiger charge is -2.16. The Labute approximate surface area is 150 Å². The van der Waals surface area contributed by atoms with Gasteiger partial charge >= 0.3 is 0 Å². The molecule has 1 fully saturated rings. The molecule has 5 rings (SSSR count). The van der Waals surface area contributed by atoms with Gasteiger partial charge in [-0.2, -0.15) is 0 Å². The average molecular weight is 355 g/mol. The summed E-state index contributed by atoms with van der Waals surface area (Å²) in [4.78, 5) is 12.9. The molecule has 0 radical (unpaired) electrons. The van der Waals surface area contributed by atoms with E-state index in [9.17, 15) is 8.78 Å². The van der Waals surface area contributed by atoms with Crippen molar-refractivity contribution < 1.29 is 10.2 Å². The van der Waals surface area contributed by atoms with Crippen LogP contribution in [0.25, 0.3) is 11.2 Å². The van der Waals surface area contributed by atoms with Gasteiger partial charge < -0.3 is 9.72 Å². The minimum atomic E-state index is -2.69. The molecule has 0 bridgehead atoms. The van der Waals surface area contributed by atoms with Crippen LogP contribution in [0.15, 0.2) is 43.0 Å². The lowest BCUT2D eigenvalue weighted by Crippen LogP contribution is -2.30. The number of fused-ring (bicyclic) bond motifs is 2. The SMILES string of the molecule is FC(F)(CNc1ncc2c(n1)CC=C2c1ccc2nccn2c1)C1CC1.[HH]. The molecule has 134 valence electrons. The number of anilines is 1. The van der Waals surface area contributed by atoms with Gasteiger partial charge in [0, 0.05) is 44.1 Å². The molecule has 26 heavy (non-hydrogen) atoms. The van der Waals surface area contributed by atoms with Crippen LogP contribution in [0.3, 0.4) is 0 Å². The second kappa shape index (κ2) is 5.59. The van der Waals surface area contributed by atoms with E-state index in [0.717, 1.165) is 28.0 Å². The number of alkyl halides is 2. The van der Waals surface area contributed by atoms with Crippen molar-refractivity contribution in [3.8, 4) is 0 Å². The van der Waals surface area contributed by atoms with Crippen LogP contribution in [0.5, 0.6) is 0 Å². The van der Waals surface area contributed by atoms with Gasteiger partial charge in [0.1, 0.15) is 5.65 Å². The van der Waals surface area contributed by atoms with E-state index in [0.29, 0.717) is 19.3 Å². The van der Waals surface area contributed by atoms with Crippen molar-refractivity contribution in [2.24, 2.45) is 5.92 Å². The maximum Gasteiger partial charge on any atom is 0.267 e. The quantitative estimate of drug-likeness (QED) is 0.756. The van der Waals surface area contributed by atoms with Gasteiger partial charge in [-0.3, -0.25) is 0 Å². The molecule has 2 aliphatic rings. The van der Waals surface area contributed by atoms with Crippen LogP contribution in [0.4, 0.5) is 14.7 Å². The van der Waals surface area contributed by atoms with E-state index in [1.54, 1.807) is 12.4 Å². The van der Waals surface area contributed by atoms with Gasteiger partial charge in [0.25, 0.3) is 5.92 Å². The van der Waals surface area contributed by atoms with Crippen molar-refractivity contribution in [1.82, 2.24) is 19.4 Å². The summed E-state index contributed by atoms with van der Waals surface area (Å²) < 4.78 is 29.6. The minimum absolute atomic E-state index is 0. The highest BCUT2D eigenvalue weighted by Crippen LogP contribution is 2.43. The Hall–Kier alpha value is -2.83. The van der Waals surface area contributed by atoms with Crippen LogP contribution in [-0.2, 0) is 6.42 Å². The molecule has 1 N–H and O–H groups in total. The number of nitrogens with zero attached hydrogens (tertiary/aromatic N) is 4. The van der Waals surface area contributed by atoms with E-state index in [1.807, 2.05) is 28.9 Å². The van der Waals surface area contributed by atoms with E-state index in [4.69, 9.17) is 0 Å². The molecule has 1 saturated carbocycles. The van der Waals surface area contributed by atoms with Gasteiger partial charge in [-0.1, -0.05) is 6.08 Å². The number of allylic oxidation sites excluding steroid dienone is 1. The summed E-state index contributed by atoms with van der Waals surface area (Å²) in [7, 11) is 0. The van der Waals surface area contributed by atoms with Crippen LogP contribution in [0.2, 0.25) is 0 Å². The van der Waals surface area contributed by atoms with Crippen molar-refractivity contribution in [2.75, 3.05) is 11.9 Å². The second-order valence-electron chi connectivity index (χ2n) is 6.88. The molecule has 0 amide bonds. The smallest absolute Gasteiger partial charge is 0.267 e. The van der Waals surface area contributed by atoms with E-state index in [-0.39, 0.29) is 7.37 Å². The number of rotatable bonds is 5.